The zero-order valence-electron chi connectivity index (χ0n) is 10.2. The average Bonchev–Trinajstić information content (AvgIpc) is 2.85. The Morgan fingerprint density at radius 1 is 1.65 bits per heavy atom. The van der Waals surface area contributed by atoms with Crippen LogP contribution in [0.3, 0.4) is 0 Å². The van der Waals surface area contributed by atoms with Crippen molar-refractivity contribution in [1.29, 1.82) is 0 Å². The third kappa shape index (κ3) is 2.20. The molecule has 2 aliphatic rings. The molecule has 1 saturated heterocycles. The lowest BCUT2D eigenvalue weighted by atomic mass is 10.5. The predicted molar refractivity (Wildman–Crippen MR) is 65.9 cm³/mol. The van der Waals surface area contributed by atoms with Gasteiger partial charge < -0.3 is 10.0 Å². The van der Waals surface area contributed by atoms with Gasteiger partial charge in [-0.15, -0.1) is 5.10 Å². The molecule has 0 aliphatic carbocycles. The maximum absolute atomic E-state index is 11.8. The van der Waals surface area contributed by atoms with Gasteiger partial charge in [0.2, 0.25) is 0 Å². The second kappa shape index (κ2) is 4.71. The Morgan fingerprint density at radius 3 is 2.88 bits per heavy atom. The molecule has 2 amide bonds. The van der Waals surface area contributed by atoms with Gasteiger partial charge in [0.1, 0.15) is 5.88 Å². The van der Waals surface area contributed by atoms with Crippen LogP contribution in [0.5, 0.6) is 0 Å². The van der Waals surface area contributed by atoms with E-state index in [1.54, 1.807) is 12.2 Å². The summed E-state index contributed by atoms with van der Waals surface area (Å²) in [5, 5.41) is 18.4. The van der Waals surface area contributed by atoms with Crippen LogP contribution in [0.25, 0.3) is 0 Å². The van der Waals surface area contributed by atoms with Crippen molar-refractivity contribution in [3.63, 3.8) is 0 Å². The van der Waals surface area contributed by atoms with Gasteiger partial charge >= 0.3 is 6.03 Å². The number of β-amino-alcohol motifs (C(OH)–C–C–N with tert-alkyl or cyclic N) is 1. The van der Waals surface area contributed by atoms with E-state index in [1.165, 1.54) is 21.6 Å². The fraction of sp³-hybridized carbons (Fsp3) is 0.778. The van der Waals surface area contributed by atoms with Crippen molar-refractivity contribution in [2.75, 3.05) is 33.1 Å². The van der Waals surface area contributed by atoms with Gasteiger partial charge in [0, 0.05) is 20.6 Å². The molecule has 8 heteroatoms. The lowest BCUT2D eigenvalue weighted by Gasteiger charge is -2.23. The van der Waals surface area contributed by atoms with Gasteiger partial charge in [-0.05, 0) is 0 Å². The third-order valence-electron chi connectivity index (χ3n) is 2.84. The lowest BCUT2D eigenvalue weighted by molar-refractivity contribution is 0.0297. The number of rotatable bonds is 2. The van der Waals surface area contributed by atoms with E-state index in [0.717, 1.165) is 6.54 Å². The van der Waals surface area contributed by atoms with Crippen LogP contribution in [0.4, 0.5) is 4.79 Å². The van der Waals surface area contributed by atoms with E-state index in [0.29, 0.717) is 17.6 Å². The molecule has 0 bridgehead atoms. The Labute approximate surface area is 105 Å². The minimum Gasteiger partial charge on any atom is -0.371 e. The highest BCUT2D eigenvalue weighted by molar-refractivity contribution is 8.14. The van der Waals surface area contributed by atoms with E-state index in [4.69, 9.17) is 0 Å². The number of amidine groups is 1. The van der Waals surface area contributed by atoms with Crippen LogP contribution < -0.4 is 0 Å². The third-order valence-corrected chi connectivity index (χ3v) is 3.73. The van der Waals surface area contributed by atoms with Crippen molar-refractivity contribution < 1.29 is 9.90 Å². The van der Waals surface area contributed by atoms with Crippen LogP contribution in [0.1, 0.15) is 6.92 Å². The van der Waals surface area contributed by atoms with E-state index >= 15 is 0 Å². The van der Waals surface area contributed by atoms with Crippen molar-refractivity contribution in [2.45, 2.75) is 13.2 Å². The Balaban J connectivity index is 2.11. The Kier molecular flexibility index (Phi) is 3.45. The molecule has 7 nitrogen and oxygen atoms in total. The zero-order chi connectivity index (χ0) is 12.6. The van der Waals surface area contributed by atoms with E-state index in [2.05, 4.69) is 5.10 Å². The van der Waals surface area contributed by atoms with Gasteiger partial charge in [-0.1, -0.05) is 18.7 Å². The summed E-state index contributed by atoms with van der Waals surface area (Å²) in [7, 11) is 3.60. The Hall–Kier alpha value is -0.990. The van der Waals surface area contributed by atoms with Crippen LogP contribution >= 0.6 is 11.8 Å². The molecule has 2 aliphatic heterocycles. The number of thioether (sulfide) groups is 1. The normalized spacial score (nSPS) is 25.2. The Morgan fingerprint density at radius 2 is 2.35 bits per heavy atom. The van der Waals surface area contributed by atoms with E-state index < -0.39 is 6.23 Å². The standard InChI is InChI=1S/C9H17N5O2S/c1-4-12(3)13-6-17-8(10-13)14-7(15)5-11(2)9(14)16/h7,15H,4-6H2,1-3H3. The molecule has 1 fully saturated rings. The molecule has 0 aromatic carbocycles. The summed E-state index contributed by atoms with van der Waals surface area (Å²) in [6.45, 7) is 3.19. The molecule has 0 aromatic heterocycles. The van der Waals surface area contributed by atoms with Crippen molar-refractivity contribution in [3.05, 3.63) is 0 Å². The van der Waals surface area contributed by atoms with Crippen molar-refractivity contribution in [3.8, 4) is 0 Å². The number of carbonyl (C=O) groups excluding carboxylic acids is 1. The number of carbonyl (C=O) groups is 1. The topological polar surface area (TPSA) is 62.6 Å². The first-order valence-electron chi connectivity index (χ1n) is 5.47. The van der Waals surface area contributed by atoms with Crippen molar-refractivity contribution in [1.82, 2.24) is 19.9 Å². The SMILES string of the molecule is CCN(C)N1CSC(N2C(=O)N(C)CC2O)=N1. The van der Waals surface area contributed by atoms with Gasteiger partial charge in [0.25, 0.3) is 0 Å². The maximum Gasteiger partial charge on any atom is 0.328 e. The molecule has 0 spiro atoms. The monoisotopic (exact) mass is 259 g/mol. The van der Waals surface area contributed by atoms with Crippen LogP contribution in [-0.2, 0) is 0 Å². The molecule has 96 valence electrons. The summed E-state index contributed by atoms with van der Waals surface area (Å²) in [4.78, 5) is 14.6. The van der Waals surface area contributed by atoms with Crippen molar-refractivity contribution >= 4 is 23.0 Å². The van der Waals surface area contributed by atoms with Crippen molar-refractivity contribution in [2.24, 2.45) is 5.10 Å². The molecular formula is C9H17N5O2S. The first-order chi connectivity index (χ1) is 8.04. The fourth-order valence-corrected chi connectivity index (χ4v) is 2.63. The summed E-state index contributed by atoms with van der Waals surface area (Å²) in [6.07, 6.45) is -0.800. The van der Waals surface area contributed by atoms with Gasteiger partial charge in [-0.25, -0.2) is 19.8 Å². The molecule has 1 unspecified atom stereocenters. The second-order valence-corrected chi connectivity index (χ2v) is 4.93. The number of amides is 2. The smallest absolute Gasteiger partial charge is 0.328 e. The second-order valence-electron chi connectivity index (χ2n) is 4.02. The number of urea groups is 1. The van der Waals surface area contributed by atoms with E-state index in [1.807, 2.05) is 19.0 Å². The molecule has 2 rings (SSSR count). The summed E-state index contributed by atoms with van der Waals surface area (Å²) in [6, 6.07) is -0.204. The molecule has 0 saturated carbocycles. The first kappa shape index (κ1) is 12.5. The molecule has 17 heavy (non-hydrogen) atoms. The lowest BCUT2D eigenvalue weighted by Crippen LogP contribution is -2.38. The molecule has 2 heterocycles. The quantitative estimate of drug-likeness (QED) is 0.745. The summed E-state index contributed by atoms with van der Waals surface area (Å²) in [5.74, 6) is 0.667. The van der Waals surface area contributed by atoms with Crippen LogP contribution in [0.2, 0.25) is 0 Å². The molecule has 1 atom stereocenters. The van der Waals surface area contributed by atoms with Gasteiger partial charge in [0.05, 0.1) is 6.54 Å². The number of nitrogens with zero attached hydrogens (tertiary/aromatic N) is 5. The molecule has 0 aromatic rings. The predicted octanol–water partition coefficient (Wildman–Crippen LogP) is -0.184. The molecule has 0 radical (unpaired) electrons. The highest BCUT2D eigenvalue weighted by Crippen LogP contribution is 2.25. The minimum absolute atomic E-state index is 0.204. The number of hydrazine groups is 1. The highest BCUT2D eigenvalue weighted by atomic mass is 32.2. The minimum atomic E-state index is -0.800. The molecular weight excluding hydrogens is 242 g/mol. The number of hydrazone groups is 1. The average molecular weight is 259 g/mol. The maximum atomic E-state index is 11.8. The number of hydrogen-bond acceptors (Lipinski definition) is 6. The summed E-state index contributed by atoms with van der Waals surface area (Å²) in [5.41, 5.74) is 0. The Bertz CT molecular complexity index is 350. The van der Waals surface area contributed by atoms with Crippen LogP contribution in [0, 0.1) is 0 Å². The summed E-state index contributed by atoms with van der Waals surface area (Å²) < 4.78 is 0. The fourth-order valence-electron chi connectivity index (χ4n) is 1.65. The zero-order valence-corrected chi connectivity index (χ0v) is 11.0. The van der Waals surface area contributed by atoms with Crippen LogP contribution in [0.15, 0.2) is 5.10 Å². The number of hydrogen-bond donors (Lipinski definition) is 1. The van der Waals surface area contributed by atoms with Gasteiger partial charge in [-0.3, -0.25) is 0 Å². The van der Waals surface area contributed by atoms with E-state index in [9.17, 15) is 9.90 Å². The van der Waals surface area contributed by atoms with Crippen LogP contribution in [-0.4, -0.2) is 75.5 Å². The first-order valence-corrected chi connectivity index (χ1v) is 6.45. The van der Waals surface area contributed by atoms with Gasteiger partial charge in [0.15, 0.2) is 11.4 Å². The number of aliphatic hydroxyl groups excluding tert-OH is 1. The van der Waals surface area contributed by atoms with E-state index in [-0.39, 0.29) is 6.03 Å². The van der Waals surface area contributed by atoms with Gasteiger partial charge in [-0.2, -0.15) is 0 Å². The highest BCUT2D eigenvalue weighted by Gasteiger charge is 2.39. The summed E-state index contributed by atoms with van der Waals surface area (Å²) >= 11 is 1.45. The molecule has 1 N–H and O–H groups in total. The largest absolute Gasteiger partial charge is 0.371 e. The number of aliphatic hydroxyl groups is 1. The number of likely N-dealkylation sites (N-methyl/N-ethyl adjacent to an activating group) is 1.